The molecule has 0 aliphatic heterocycles. The molecule has 1 aromatic heterocycles. The van der Waals surface area contributed by atoms with E-state index in [-0.39, 0.29) is 16.9 Å². The Bertz CT molecular complexity index is 564. The zero-order valence-electron chi connectivity index (χ0n) is 11.5. The van der Waals surface area contributed by atoms with Crippen molar-refractivity contribution in [3.05, 3.63) is 22.9 Å². The minimum atomic E-state index is -3.51. The second kappa shape index (κ2) is 6.51. The lowest BCUT2D eigenvalue weighted by molar-refractivity contribution is 0.276. The Morgan fingerprint density at radius 2 is 2.20 bits per heavy atom. The molecule has 2 N–H and O–H groups in total. The van der Waals surface area contributed by atoms with Gasteiger partial charge in [0.25, 0.3) is 0 Å². The number of rotatable bonds is 5. The van der Waals surface area contributed by atoms with Crippen LogP contribution in [-0.2, 0) is 10.0 Å². The van der Waals surface area contributed by atoms with Crippen molar-refractivity contribution in [3.63, 3.8) is 0 Å². The van der Waals surface area contributed by atoms with Crippen LogP contribution in [0.4, 0.5) is 0 Å². The minimum absolute atomic E-state index is 0.00832. The average Bonchev–Trinajstić information content (AvgIpc) is 2.87. The number of aromatic nitrogens is 1. The lowest BCUT2D eigenvalue weighted by atomic mass is 10.0. The SMILES string of the molecule is CCN(C1CCCC1CN)S(=O)(=O)c1cncc(Br)c1. The summed E-state index contributed by atoms with van der Waals surface area (Å²) in [6.07, 6.45) is 5.90. The normalized spacial score (nSPS) is 23.4. The van der Waals surface area contributed by atoms with Gasteiger partial charge in [0.2, 0.25) is 10.0 Å². The summed E-state index contributed by atoms with van der Waals surface area (Å²) in [5.41, 5.74) is 5.78. The molecule has 1 aromatic rings. The van der Waals surface area contributed by atoms with Crippen LogP contribution < -0.4 is 5.73 Å². The van der Waals surface area contributed by atoms with E-state index in [1.54, 1.807) is 16.6 Å². The smallest absolute Gasteiger partial charge is 0.244 e. The van der Waals surface area contributed by atoms with Gasteiger partial charge in [0.1, 0.15) is 4.90 Å². The fourth-order valence-electron chi connectivity index (χ4n) is 2.92. The maximum Gasteiger partial charge on any atom is 0.244 e. The monoisotopic (exact) mass is 361 g/mol. The van der Waals surface area contributed by atoms with Crippen molar-refractivity contribution in [1.82, 2.24) is 9.29 Å². The Kier molecular flexibility index (Phi) is 5.17. The average molecular weight is 362 g/mol. The largest absolute Gasteiger partial charge is 0.330 e. The van der Waals surface area contributed by atoms with Crippen molar-refractivity contribution in [2.75, 3.05) is 13.1 Å². The van der Waals surface area contributed by atoms with Crippen LogP contribution in [0.2, 0.25) is 0 Å². The molecule has 0 radical (unpaired) electrons. The van der Waals surface area contributed by atoms with E-state index >= 15 is 0 Å². The van der Waals surface area contributed by atoms with Gasteiger partial charge in [-0.3, -0.25) is 4.98 Å². The summed E-state index contributed by atoms with van der Waals surface area (Å²) in [4.78, 5) is 4.19. The predicted molar refractivity (Wildman–Crippen MR) is 81.7 cm³/mol. The van der Waals surface area contributed by atoms with Crippen LogP contribution in [0.25, 0.3) is 0 Å². The standard InChI is InChI=1S/C13H20BrN3O2S/c1-2-17(13-5-3-4-10(13)7-15)20(18,19)12-6-11(14)8-16-9-12/h6,8-10,13H,2-5,7,15H2,1H3. The molecule has 2 unspecified atom stereocenters. The summed E-state index contributed by atoms with van der Waals surface area (Å²) < 4.78 is 27.8. The zero-order chi connectivity index (χ0) is 14.8. The van der Waals surface area contributed by atoms with Crippen LogP contribution >= 0.6 is 15.9 Å². The number of pyridine rings is 1. The molecule has 1 fully saturated rings. The number of hydrogen-bond acceptors (Lipinski definition) is 4. The molecule has 2 rings (SSSR count). The first-order valence-corrected chi connectivity index (χ1v) is 9.06. The van der Waals surface area contributed by atoms with Crippen LogP contribution in [0.1, 0.15) is 26.2 Å². The quantitative estimate of drug-likeness (QED) is 0.869. The topological polar surface area (TPSA) is 76.3 Å². The number of nitrogens with zero attached hydrogens (tertiary/aromatic N) is 2. The van der Waals surface area contributed by atoms with E-state index in [1.165, 1.54) is 6.20 Å². The van der Waals surface area contributed by atoms with Gasteiger partial charge in [-0.15, -0.1) is 0 Å². The second-order valence-corrected chi connectivity index (χ2v) is 7.85. The molecule has 1 aliphatic rings. The molecule has 1 saturated carbocycles. The van der Waals surface area contributed by atoms with E-state index < -0.39 is 10.0 Å². The van der Waals surface area contributed by atoms with E-state index in [9.17, 15) is 8.42 Å². The number of halogens is 1. The van der Waals surface area contributed by atoms with Crippen LogP contribution in [-0.4, -0.2) is 36.8 Å². The molecule has 5 nitrogen and oxygen atoms in total. The maximum absolute atomic E-state index is 12.8. The van der Waals surface area contributed by atoms with Gasteiger partial charge in [0, 0.05) is 29.5 Å². The van der Waals surface area contributed by atoms with Crippen LogP contribution in [0.3, 0.4) is 0 Å². The third-order valence-electron chi connectivity index (χ3n) is 3.89. The molecule has 0 spiro atoms. The fraction of sp³-hybridized carbons (Fsp3) is 0.615. The Morgan fingerprint density at radius 1 is 1.45 bits per heavy atom. The van der Waals surface area contributed by atoms with Crippen molar-refractivity contribution in [2.24, 2.45) is 11.7 Å². The molecule has 0 bridgehead atoms. The van der Waals surface area contributed by atoms with Gasteiger partial charge in [-0.25, -0.2) is 8.42 Å². The Balaban J connectivity index is 2.35. The number of hydrogen-bond donors (Lipinski definition) is 1. The van der Waals surface area contributed by atoms with Crippen LogP contribution in [0.5, 0.6) is 0 Å². The van der Waals surface area contributed by atoms with Gasteiger partial charge in [0.05, 0.1) is 0 Å². The molecular formula is C13H20BrN3O2S. The fourth-order valence-corrected chi connectivity index (χ4v) is 5.15. The zero-order valence-corrected chi connectivity index (χ0v) is 13.9. The second-order valence-electron chi connectivity index (χ2n) is 5.04. The molecule has 1 heterocycles. The summed E-state index contributed by atoms with van der Waals surface area (Å²) in [7, 11) is -3.51. The van der Waals surface area contributed by atoms with Crippen LogP contribution in [0, 0.1) is 5.92 Å². The summed E-state index contributed by atoms with van der Waals surface area (Å²) in [6.45, 7) is 2.86. The van der Waals surface area contributed by atoms with Gasteiger partial charge in [-0.1, -0.05) is 13.3 Å². The van der Waals surface area contributed by atoms with Crippen molar-refractivity contribution in [2.45, 2.75) is 37.1 Å². The van der Waals surface area contributed by atoms with Gasteiger partial charge in [0.15, 0.2) is 0 Å². The Morgan fingerprint density at radius 3 is 2.80 bits per heavy atom. The molecule has 2 atom stereocenters. The predicted octanol–water partition coefficient (Wildman–Crippen LogP) is 1.98. The minimum Gasteiger partial charge on any atom is -0.330 e. The molecule has 0 saturated heterocycles. The highest BCUT2D eigenvalue weighted by Crippen LogP contribution is 2.32. The highest BCUT2D eigenvalue weighted by atomic mass is 79.9. The highest BCUT2D eigenvalue weighted by molar-refractivity contribution is 9.10. The molecule has 0 aromatic carbocycles. The molecule has 1 aliphatic carbocycles. The summed E-state index contributed by atoms with van der Waals surface area (Å²) in [5.74, 6) is 0.254. The lowest BCUT2D eigenvalue weighted by Gasteiger charge is -2.30. The van der Waals surface area contributed by atoms with E-state index in [4.69, 9.17) is 5.73 Å². The maximum atomic E-state index is 12.8. The van der Waals surface area contributed by atoms with Gasteiger partial charge in [-0.2, -0.15) is 4.31 Å². The van der Waals surface area contributed by atoms with Crippen molar-refractivity contribution in [1.29, 1.82) is 0 Å². The van der Waals surface area contributed by atoms with Gasteiger partial charge in [-0.05, 0) is 47.3 Å². The Labute approximate surface area is 128 Å². The molecule has 7 heteroatoms. The van der Waals surface area contributed by atoms with E-state index in [1.807, 2.05) is 6.92 Å². The molecule has 112 valence electrons. The third kappa shape index (κ3) is 3.05. The van der Waals surface area contributed by atoms with Crippen molar-refractivity contribution >= 4 is 26.0 Å². The van der Waals surface area contributed by atoms with Crippen LogP contribution in [0.15, 0.2) is 27.8 Å². The van der Waals surface area contributed by atoms with Crippen molar-refractivity contribution in [3.8, 4) is 0 Å². The summed E-state index contributed by atoms with van der Waals surface area (Å²) in [6, 6.07) is 1.60. The van der Waals surface area contributed by atoms with E-state index in [0.29, 0.717) is 17.6 Å². The van der Waals surface area contributed by atoms with E-state index in [0.717, 1.165) is 19.3 Å². The summed E-state index contributed by atoms with van der Waals surface area (Å²) >= 11 is 3.27. The third-order valence-corrected chi connectivity index (χ3v) is 6.29. The van der Waals surface area contributed by atoms with Gasteiger partial charge >= 0.3 is 0 Å². The van der Waals surface area contributed by atoms with E-state index in [2.05, 4.69) is 20.9 Å². The lowest BCUT2D eigenvalue weighted by Crippen LogP contribution is -2.44. The molecule has 20 heavy (non-hydrogen) atoms. The summed E-state index contributed by atoms with van der Waals surface area (Å²) in [5, 5.41) is 0. The van der Waals surface area contributed by atoms with Gasteiger partial charge < -0.3 is 5.73 Å². The number of sulfonamides is 1. The first-order chi connectivity index (χ1) is 9.50. The first-order valence-electron chi connectivity index (χ1n) is 6.83. The Hall–Kier alpha value is -0.500. The van der Waals surface area contributed by atoms with Crippen molar-refractivity contribution < 1.29 is 8.42 Å². The number of nitrogens with two attached hydrogens (primary N) is 1. The molecule has 0 amide bonds. The first kappa shape index (κ1) is 15.9. The molecular weight excluding hydrogens is 342 g/mol. The highest BCUT2D eigenvalue weighted by Gasteiger charge is 2.37.